The highest BCUT2D eigenvalue weighted by atomic mass is 16.3. The molecule has 22 heavy (non-hydrogen) atoms. The van der Waals surface area contributed by atoms with E-state index in [-0.39, 0.29) is 18.6 Å². The average Bonchev–Trinajstić information content (AvgIpc) is 2.53. The summed E-state index contributed by atoms with van der Waals surface area (Å²) in [5.74, 6) is 0.213. The number of hydrogen-bond acceptors (Lipinski definition) is 3. The summed E-state index contributed by atoms with van der Waals surface area (Å²) in [6, 6.07) is 6.52. The Bertz CT molecular complexity index is 504. The molecule has 0 aromatic heterocycles. The summed E-state index contributed by atoms with van der Waals surface area (Å²) in [6.07, 6.45) is 1.44. The van der Waals surface area contributed by atoms with Gasteiger partial charge in [-0.05, 0) is 31.4 Å². The number of carbonyl (C=O) groups is 1. The molecule has 0 bridgehead atoms. The number of aliphatic hydroxyl groups excluding tert-OH is 1. The van der Waals surface area contributed by atoms with Crippen LogP contribution in [-0.2, 0) is 11.2 Å². The van der Waals surface area contributed by atoms with Crippen LogP contribution in [0, 0.1) is 13.8 Å². The molecule has 1 fully saturated rings. The molecule has 0 unspecified atom stereocenters. The standard InChI is InChI=1S/C18H28N2O2/c1-4-17(13-21)19-7-9-20(10-8-19)18(22)12-16-11-14(2)5-6-15(16)3/h5-6,11,17,21H,4,7-10,12-13H2,1-3H3/t17-/m1/s1. The molecule has 1 heterocycles. The Hall–Kier alpha value is -1.39. The molecule has 2 rings (SSSR count). The summed E-state index contributed by atoms with van der Waals surface area (Å²) in [5.41, 5.74) is 3.52. The fraction of sp³-hybridized carbons (Fsp3) is 0.611. The van der Waals surface area contributed by atoms with Gasteiger partial charge < -0.3 is 10.0 Å². The molecule has 1 N–H and O–H groups in total. The van der Waals surface area contributed by atoms with Gasteiger partial charge in [-0.3, -0.25) is 9.69 Å². The van der Waals surface area contributed by atoms with Crippen molar-refractivity contribution in [2.45, 2.75) is 39.7 Å². The first kappa shape index (κ1) is 17.0. The minimum absolute atomic E-state index is 0.201. The van der Waals surface area contributed by atoms with Gasteiger partial charge in [0.15, 0.2) is 0 Å². The highest BCUT2D eigenvalue weighted by Gasteiger charge is 2.25. The Morgan fingerprint density at radius 1 is 1.23 bits per heavy atom. The second-order valence-corrected chi connectivity index (χ2v) is 6.27. The van der Waals surface area contributed by atoms with E-state index in [1.165, 1.54) is 11.1 Å². The number of piperazine rings is 1. The normalized spacial score (nSPS) is 17.5. The van der Waals surface area contributed by atoms with E-state index < -0.39 is 0 Å². The molecular weight excluding hydrogens is 276 g/mol. The Balaban J connectivity index is 1.91. The van der Waals surface area contributed by atoms with Gasteiger partial charge in [0.1, 0.15) is 0 Å². The van der Waals surface area contributed by atoms with Gasteiger partial charge in [-0.25, -0.2) is 0 Å². The maximum Gasteiger partial charge on any atom is 0.227 e. The van der Waals surface area contributed by atoms with Crippen LogP contribution >= 0.6 is 0 Å². The fourth-order valence-electron chi connectivity index (χ4n) is 3.10. The molecule has 4 nitrogen and oxygen atoms in total. The van der Waals surface area contributed by atoms with E-state index in [4.69, 9.17) is 0 Å². The van der Waals surface area contributed by atoms with Crippen molar-refractivity contribution >= 4 is 5.91 Å². The number of amides is 1. The van der Waals surface area contributed by atoms with Crippen molar-refractivity contribution < 1.29 is 9.90 Å². The van der Waals surface area contributed by atoms with Crippen LogP contribution in [0.1, 0.15) is 30.0 Å². The van der Waals surface area contributed by atoms with E-state index in [9.17, 15) is 9.90 Å². The largest absolute Gasteiger partial charge is 0.395 e. The molecule has 1 aliphatic rings. The molecule has 0 saturated carbocycles. The van der Waals surface area contributed by atoms with Gasteiger partial charge in [0, 0.05) is 32.2 Å². The smallest absolute Gasteiger partial charge is 0.227 e. The van der Waals surface area contributed by atoms with Crippen LogP contribution in [0.4, 0.5) is 0 Å². The Morgan fingerprint density at radius 3 is 2.50 bits per heavy atom. The van der Waals surface area contributed by atoms with Crippen molar-refractivity contribution in [3.05, 3.63) is 34.9 Å². The van der Waals surface area contributed by atoms with Gasteiger partial charge in [-0.2, -0.15) is 0 Å². The quantitative estimate of drug-likeness (QED) is 0.901. The van der Waals surface area contributed by atoms with E-state index >= 15 is 0 Å². The maximum atomic E-state index is 12.5. The van der Waals surface area contributed by atoms with Gasteiger partial charge in [-0.15, -0.1) is 0 Å². The van der Waals surface area contributed by atoms with Gasteiger partial charge in [-0.1, -0.05) is 30.7 Å². The fourth-order valence-corrected chi connectivity index (χ4v) is 3.10. The Morgan fingerprint density at radius 2 is 1.91 bits per heavy atom. The summed E-state index contributed by atoms with van der Waals surface area (Å²) in [6.45, 7) is 9.67. The molecule has 0 spiro atoms. The molecule has 1 amide bonds. The molecule has 4 heteroatoms. The molecule has 1 aromatic carbocycles. The summed E-state index contributed by atoms with van der Waals surface area (Å²) >= 11 is 0. The van der Waals surface area contributed by atoms with Crippen LogP contribution in [-0.4, -0.2) is 59.6 Å². The van der Waals surface area contributed by atoms with E-state index in [1.807, 2.05) is 4.90 Å². The molecule has 1 aromatic rings. The summed E-state index contributed by atoms with van der Waals surface area (Å²) < 4.78 is 0. The topological polar surface area (TPSA) is 43.8 Å². The van der Waals surface area contributed by atoms with E-state index in [2.05, 4.69) is 43.9 Å². The number of aryl methyl sites for hydroxylation is 2. The zero-order valence-electron chi connectivity index (χ0n) is 14.0. The highest BCUT2D eigenvalue weighted by molar-refractivity contribution is 5.79. The van der Waals surface area contributed by atoms with Crippen molar-refractivity contribution in [3.8, 4) is 0 Å². The molecule has 1 atom stereocenters. The van der Waals surface area contributed by atoms with Crippen molar-refractivity contribution in [2.75, 3.05) is 32.8 Å². The molecular formula is C18H28N2O2. The van der Waals surface area contributed by atoms with Crippen LogP contribution in [0.3, 0.4) is 0 Å². The van der Waals surface area contributed by atoms with Gasteiger partial charge >= 0.3 is 0 Å². The lowest BCUT2D eigenvalue weighted by atomic mass is 10.0. The highest BCUT2D eigenvalue weighted by Crippen LogP contribution is 2.14. The number of hydrogen-bond donors (Lipinski definition) is 1. The van der Waals surface area contributed by atoms with Crippen LogP contribution in [0.15, 0.2) is 18.2 Å². The average molecular weight is 304 g/mol. The summed E-state index contributed by atoms with van der Waals surface area (Å²) in [4.78, 5) is 16.8. The van der Waals surface area contributed by atoms with Crippen molar-refractivity contribution in [1.29, 1.82) is 0 Å². The SMILES string of the molecule is CC[C@H](CO)N1CCN(C(=O)Cc2cc(C)ccc2C)CC1. The molecule has 0 aliphatic carbocycles. The van der Waals surface area contributed by atoms with Gasteiger partial charge in [0.05, 0.1) is 13.0 Å². The minimum Gasteiger partial charge on any atom is -0.395 e. The first-order valence-electron chi connectivity index (χ1n) is 8.24. The van der Waals surface area contributed by atoms with Crippen LogP contribution in [0.25, 0.3) is 0 Å². The van der Waals surface area contributed by atoms with Crippen LogP contribution in [0.2, 0.25) is 0 Å². The predicted octanol–water partition coefficient (Wildman–Crippen LogP) is 1.76. The monoisotopic (exact) mass is 304 g/mol. The number of nitrogens with zero attached hydrogens (tertiary/aromatic N) is 2. The van der Waals surface area contributed by atoms with E-state index in [0.29, 0.717) is 6.42 Å². The zero-order valence-corrected chi connectivity index (χ0v) is 14.0. The first-order chi connectivity index (χ1) is 10.5. The van der Waals surface area contributed by atoms with Crippen LogP contribution < -0.4 is 0 Å². The van der Waals surface area contributed by atoms with Gasteiger partial charge in [0.2, 0.25) is 5.91 Å². The third-order valence-electron chi connectivity index (χ3n) is 4.71. The van der Waals surface area contributed by atoms with Crippen molar-refractivity contribution in [3.63, 3.8) is 0 Å². The molecule has 1 saturated heterocycles. The second-order valence-electron chi connectivity index (χ2n) is 6.27. The maximum absolute atomic E-state index is 12.5. The lowest BCUT2D eigenvalue weighted by Gasteiger charge is -2.38. The first-order valence-corrected chi connectivity index (χ1v) is 8.24. The second kappa shape index (κ2) is 7.75. The lowest BCUT2D eigenvalue weighted by molar-refractivity contribution is -0.132. The van der Waals surface area contributed by atoms with E-state index in [1.54, 1.807) is 0 Å². The third-order valence-corrected chi connectivity index (χ3v) is 4.71. The number of rotatable bonds is 5. The molecule has 0 radical (unpaired) electrons. The Kier molecular flexibility index (Phi) is 5.98. The zero-order chi connectivity index (χ0) is 16.1. The molecule has 1 aliphatic heterocycles. The number of aliphatic hydroxyl groups is 1. The number of benzene rings is 1. The van der Waals surface area contributed by atoms with Crippen molar-refractivity contribution in [1.82, 2.24) is 9.80 Å². The van der Waals surface area contributed by atoms with Crippen molar-refractivity contribution in [2.24, 2.45) is 0 Å². The van der Waals surface area contributed by atoms with Crippen LogP contribution in [0.5, 0.6) is 0 Å². The number of carbonyl (C=O) groups excluding carboxylic acids is 1. The van der Waals surface area contributed by atoms with E-state index in [0.717, 1.165) is 38.2 Å². The summed E-state index contributed by atoms with van der Waals surface area (Å²) in [5, 5.41) is 9.38. The lowest BCUT2D eigenvalue weighted by Crippen LogP contribution is -2.53. The summed E-state index contributed by atoms with van der Waals surface area (Å²) in [7, 11) is 0. The third kappa shape index (κ3) is 4.08. The molecule has 122 valence electrons. The minimum atomic E-state index is 0.201. The predicted molar refractivity (Wildman–Crippen MR) is 88.9 cm³/mol. The Labute approximate surface area is 133 Å². The van der Waals surface area contributed by atoms with Gasteiger partial charge in [0.25, 0.3) is 0 Å².